The van der Waals surface area contributed by atoms with Crippen LogP contribution in [0.15, 0.2) is 59.9 Å². The Bertz CT molecular complexity index is 1270. The molecule has 4 nitrogen and oxygen atoms in total. The summed E-state index contributed by atoms with van der Waals surface area (Å²) < 4.78 is 15.0. The minimum atomic E-state index is -0.220. The monoisotopic (exact) mass is 455 g/mol. The number of allylic oxidation sites excluding steroid dienone is 1. The number of carbonyl (C=O) groups excluding carboxylic acids is 1. The van der Waals surface area contributed by atoms with Crippen LogP contribution in [0.1, 0.15) is 45.1 Å². The first kappa shape index (κ1) is 23.7. The van der Waals surface area contributed by atoms with Crippen LogP contribution in [0.25, 0.3) is 27.6 Å². The number of H-pyrrole nitrogens is 1. The highest BCUT2D eigenvalue weighted by Gasteiger charge is 2.23. The number of aliphatic imine (C=N–C) groups is 1. The highest BCUT2D eigenvalue weighted by atomic mass is 19.1. The molecule has 1 fully saturated rings. The smallest absolute Gasteiger partial charge is 0.146 e. The van der Waals surface area contributed by atoms with Crippen molar-refractivity contribution in [2.45, 2.75) is 45.6 Å². The zero-order chi connectivity index (χ0) is 23.9. The SMILES string of the molecule is CC=N/C=C(\C#C[C@@H]1CC[C@H](NCC(=O)CC)C1)c1ccc(-c2ccc3[nH]ccc3c2F)cc1. The standard InChI is InChI=1S/C29H30FN3O/c1-3-25(34)19-33-24-12-6-20(17-24)5-7-23(18-31-4-2)21-8-10-22(11-9-21)26-13-14-28-27(29(26)30)15-16-32-28/h4,8-11,13-16,18,20,24,32-33H,3,6,12,17,19H2,1-2H3/b23-18+,31-4?/t20-,24+/m1/s1. The lowest BCUT2D eigenvalue weighted by atomic mass is 9.99. The minimum Gasteiger partial charge on any atom is -0.361 e. The molecule has 0 aliphatic heterocycles. The third-order valence-corrected chi connectivity index (χ3v) is 6.35. The molecular formula is C29H30FN3O. The van der Waals surface area contributed by atoms with Crippen LogP contribution in [0, 0.1) is 23.6 Å². The molecule has 1 aliphatic rings. The maximum atomic E-state index is 15.0. The average molecular weight is 456 g/mol. The lowest BCUT2D eigenvalue weighted by Crippen LogP contribution is -2.31. The van der Waals surface area contributed by atoms with Crippen molar-refractivity contribution in [1.29, 1.82) is 0 Å². The number of rotatable bonds is 7. The van der Waals surface area contributed by atoms with Gasteiger partial charge in [-0.15, -0.1) is 0 Å². The summed E-state index contributed by atoms with van der Waals surface area (Å²) in [6.07, 6.45) is 8.84. The van der Waals surface area contributed by atoms with E-state index in [0.717, 1.165) is 41.5 Å². The van der Waals surface area contributed by atoms with Gasteiger partial charge in [0.05, 0.1) is 6.54 Å². The van der Waals surface area contributed by atoms with Gasteiger partial charge in [-0.05, 0) is 55.5 Å². The number of benzene rings is 2. The first-order valence-corrected chi connectivity index (χ1v) is 11.9. The van der Waals surface area contributed by atoms with Crippen LogP contribution in [0.5, 0.6) is 0 Å². The van der Waals surface area contributed by atoms with Gasteiger partial charge < -0.3 is 10.3 Å². The number of aromatic nitrogens is 1. The van der Waals surface area contributed by atoms with Crippen molar-refractivity contribution >= 4 is 28.5 Å². The van der Waals surface area contributed by atoms with Gasteiger partial charge in [0.1, 0.15) is 11.6 Å². The Morgan fingerprint density at radius 3 is 2.79 bits per heavy atom. The van der Waals surface area contributed by atoms with Crippen molar-refractivity contribution in [3.8, 4) is 23.0 Å². The summed E-state index contributed by atoms with van der Waals surface area (Å²) in [7, 11) is 0. The van der Waals surface area contributed by atoms with E-state index in [4.69, 9.17) is 0 Å². The number of Topliss-reactive ketones (excluding diaryl/α,β-unsaturated/α-hetero) is 1. The molecule has 2 N–H and O–H groups in total. The van der Waals surface area contributed by atoms with Crippen LogP contribution < -0.4 is 5.32 Å². The lowest BCUT2D eigenvalue weighted by Gasteiger charge is -2.10. The van der Waals surface area contributed by atoms with Crippen molar-refractivity contribution in [1.82, 2.24) is 10.3 Å². The molecule has 3 aromatic rings. The normalized spacial score (nSPS) is 18.4. The van der Waals surface area contributed by atoms with E-state index in [0.29, 0.717) is 35.9 Å². The van der Waals surface area contributed by atoms with E-state index < -0.39 is 0 Å². The molecular weight excluding hydrogens is 425 g/mol. The van der Waals surface area contributed by atoms with Crippen molar-refractivity contribution in [3.63, 3.8) is 0 Å². The summed E-state index contributed by atoms with van der Waals surface area (Å²) in [5.41, 5.74) is 3.97. The van der Waals surface area contributed by atoms with Gasteiger partial charge in [-0.1, -0.05) is 43.0 Å². The fourth-order valence-corrected chi connectivity index (χ4v) is 4.34. The van der Waals surface area contributed by atoms with E-state index in [1.54, 1.807) is 30.7 Å². The van der Waals surface area contributed by atoms with Crippen LogP contribution in [0.2, 0.25) is 0 Å². The minimum absolute atomic E-state index is 0.220. The Kier molecular flexibility index (Phi) is 7.72. The average Bonchev–Trinajstić information content (AvgIpc) is 3.53. The van der Waals surface area contributed by atoms with Gasteiger partial charge >= 0.3 is 0 Å². The summed E-state index contributed by atoms with van der Waals surface area (Å²) in [6.45, 7) is 4.21. The molecule has 0 radical (unpaired) electrons. The number of hydrogen-bond acceptors (Lipinski definition) is 3. The fourth-order valence-electron chi connectivity index (χ4n) is 4.34. The van der Waals surface area contributed by atoms with Crippen molar-refractivity contribution < 1.29 is 9.18 Å². The molecule has 174 valence electrons. The zero-order valence-corrected chi connectivity index (χ0v) is 19.7. The Morgan fingerprint density at radius 2 is 2.03 bits per heavy atom. The second-order valence-corrected chi connectivity index (χ2v) is 8.64. The second kappa shape index (κ2) is 11.1. The van der Waals surface area contributed by atoms with E-state index in [1.807, 2.05) is 44.2 Å². The predicted octanol–water partition coefficient (Wildman–Crippen LogP) is 6.15. The van der Waals surface area contributed by atoms with Gasteiger partial charge in [-0.3, -0.25) is 9.79 Å². The van der Waals surface area contributed by atoms with Crippen LogP contribution in [-0.2, 0) is 4.79 Å². The molecule has 2 atom stereocenters. The molecule has 0 saturated heterocycles. The molecule has 2 aromatic carbocycles. The number of halogens is 1. The zero-order valence-electron chi connectivity index (χ0n) is 19.7. The molecule has 34 heavy (non-hydrogen) atoms. The first-order valence-electron chi connectivity index (χ1n) is 11.9. The molecule has 0 bridgehead atoms. The molecule has 1 aliphatic carbocycles. The predicted molar refractivity (Wildman–Crippen MR) is 138 cm³/mol. The van der Waals surface area contributed by atoms with Crippen molar-refractivity contribution in [3.05, 3.63) is 66.2 Å². The van der Waals surface area contributed by atoms with Gasteiger partial charge in [0.15, 0.2) is 0 Å². The molecule has 4 rings (SSSR count). The van der Waals surface area contributed by atoms with Gasteiger partial charge in [-0.2, -0.15) is 0 Å². The molecule has 5 heteroatoms. The maximum absolute atomic E-state index is 15.0. The van der Waals surface area contributed by atoms with E-state index in [2.05, 4.69) is 27.1 Å². The second-order valence-electron chi connectivity index (χ2n) is 8.64. The Morgan fingerprint density at radius 1 is 1.21 bits per heavy atom. The van der Waals surface area contributed by atoms with Crippen LogP contribution >= 0.6 is 0 Å². The Hall–Kier alpha value is -3.49. The maximum Gasteiger partial charge on any atom is 0.146 e. The number of aromatic amines is 1. The summed E-state index contributed by atoms with van der Waals surface area (Å²) in [4.78, 5) is 18.9. The van der Waals surface area contributed by atoms with Gasteiger partial charge in [-0.25, -0.2) is 4.39 Å². The number of ketones is 1. The van der Waals surface area contributed by atoms with Crippen LogP contribution in [-0.4, -0.2) is 29.6 Å². The van der Waals surface area contributed by atoms with Crippen LogP contribution in [0.4, 0.5) is 4.39 Å². The molecule has 0 unspecified atom stereocenters. The number of fused-ring (bicyclic) bond motifs is 1. The molecule has 0 amide bonds. The third kappa shape index (κ3) is 5.52. The lowest BCUT2D eigenvalue weighted by molar-refractivity contribution is -0.118. The largest absolute Gasteiger partial charge is 0.361 e. The molecule has 1 saturated carbocycles. The molecule has 1 aromatic heterocycles. The van der Waals surface area contributed by atoms with E-state index in [9.17, 15) is 9.18 Å². The van der Waals surface area contributed by atoms with E-state index >= 15 is 0 Å². The summed E-state index contributed by atoms with van der Waals surface area (Å²) >= 11 is 0. The van der Waals surface area contributed by atoms with Crippen molar-refractivity contribution in [2.75, 3.05) is 6.54 Å². The number of hydrogen-bond donors (Lipinski definition) is 2. The fraction of sp³-hybridized carbons (Fsp3) is 0.310. The summed E-state index contributed by atoms with van der Waals surface area (Å²) in [6, 6.07) is 13.6. The van der Waals surface area contributed by atoms with Crippen LogP contribution in [0.3, 0.4) is 0 Å². The highest BCUT2D eigenvalue weighted by Crippen LogP contribution is 2.30. The highest BCUT2D eigenvalue weighted by molar-refractivity contribution is 5.87. The van der Waals surface area contributed by atoms with Gasteiger partial charge in [0.25, 0.3) is 0 Å². The quantitative estimate of drug-likeness (QED) is 0.332. The summed E-state index contributed by atoms with van der Waals surface area (Å²) in [5, 5.41) is 3.95. The van der Waals surface area contributed by atoms with Gasteiger partial charge in [0, 0.05) is 59.0 Å². The van der Waals surface area contributed by atoms with E-state index in [-0.39, 0.29) is 11.6 Å². The summed E-state index contributed by atoms with van der Waals surface area (Å²) in [5.74, 6) is 7.06. The first-order chi connectivity index (χ1) is 16.6. The van der Waals surface area contributed by atoms with E-state index in [1.165, 1.54) is 0 Å². The van der Waals surface area contributed by atoms with Gasteiger partial charge in [0.2, 0.25) is 0 Å². The number of nitrogens with one attached hydrogen (secondary N) is 2. The Labute approximate surface area is 200 Å². The Balaban J connectivity index is 1.49. The molecule has 1 heterocycles. The number of carbonyl (C=O) groups is 1. The number of nitrogens with zero attached hydrogens (tertiary/aromatic N) is 1. The van der Waals surface area contributed by atoms with Crippen molar-refractivity contribution in [2.24, 2.45) is 10.9 Å². The third-order valence-electron chi connectivity index (χ3n) is 6.35. The molecule has 0 spiro atoms. The topological polar surface area (TPSA) is 57.2 Å².